The van der Waals surface area contributed by atoms with Crippen LogP contribution in [0, 0.1) is 18.6 Å². The van der Waals surface area contributed by atoms with Crippen molar-refractivity contribution in [3.05, 3.63) is 83.1 Å². The van der Waals surface area contributed by atoms with Gasteiger partial charge < -0.3 is 28.9 Å². The fourth-order valence-electron chi connectivity index (χ4n) is 4.17. The smallest absolute Gasteiger partial charge is 0.263 e. The van der Waals surface area contributed by atoms with Crippen molar-refractivity contribution >= 4 is 11.9 Å². The SMILES string of the molecule is COc1cc(/C=C2\OCCN3C2=NOC3(CO)c2ccc(F)cc2F)ccc1-n1cnc(C)c1. The number of nitrogens with zero attached hydrogens (tertiary/aromatic N) is 4. The lowest BCUT2D eigenvalue weighted by Gasteiger charge is -2.38. The summed E-state index contributed by atoms with van der Waals surface area (Å²) in [5, 5.41) is 14.3. The molecule has 0 aliphatic carbocycles. The number of aryl methyl sites for hydroxylation is 1. The molecule has 0 bridgehead atoms. The Hall–Kier alpha value is -3.92. The minimum absolute atomic E-state index is 0.0157. The van der Waals surface area contributed by atoms with Crippen LogP contribution in [0.15, 0.2) is 59.8 Å². The molecule has 1 fully saturated rings. The summed E-state index contributed by atoms with van der Waals surface area (Å²) in [5.74, 6) is -0.242. The van der Waals surface area contributed by atoms with Gasteiger partial charge in [0.2, 0.25) is 5.84 Å². The van der Waals surface area contributed by atoms with Crippen molar-refractivity contribution in [2.24, 2.45) is 5.16 Å². The second-order valence-corrected chi connectivity index (χ2v) is 7.94. The van der Waals surface area contributed by atoms with Gasteiger partial charge in [-0.15, -0.1) is 0 Å². The Bertz CT molecular complexity index is 1310. The van der Waals surface area contributed by atoms with Gasteiger partial charge in [-0.05, 0) is 42.8 Å². The third kappa shape index (κ3) is 3.56. The third-order valence-electron chi connectivity index (χ3n) is 5.83. The van der Waals surface area contributed by atoms with Crippen molar-refractivity contribution in [1.29, 1.82) is 0 Å². The van der Waals surface area contributed by atoms with E-state index in [4.69, 9.17) is 14.3 Å². The summed E-state index contributed by atoms with van der Waals surface area (Å²) in [7, 11) is 1.58. The number of aliphatic hydroxyl groups excluding tert-OH is 1. The number of hydrogen-bond donors (Lipinski definition) is 1. The van der Waals surface area contributed by atoms with Crippen molar-refractivity contribution in [3.63, 3.8) is 0 Å². The molecule has 2 aromatic carbocycles. The van der Waals surface area contributed by atoms with Gasteiger partial charge in [0.25, 0.3) is 5.72 Å². The first-order valence-corrected chi connectivity index (χ1v) is 10.6. The maximum absolute atomic E-state index is 14.6. The van der Waals surface area contributed by atoms with Gasteiger partial charge in [0, 0.05) is 12.3 Å². The minimum atomic E-state index is -1.61. The molecule has 34 heavy (non-hydrogen) atoms. The number of amidine groups is 1. The Morgan fingerprint density at radius 1 is 1.24 bits per heavy atom. The minimum Gasteiger partial charge on any atom is -0.495 e. The van der Waals surface area contributed by atoms with E-state index in [0.717, 1.165) is 29.1 Å². The van der Waals surface area contributed by atoms with E-state index in [2.05, 4.69) is 10.1 Å². The number of halogens is 2. The number of rotatable bonds is 5. The maximum Gasteiger partial charge on any atom is 0.263 e. The molecule has 1 atom stereocenters. The van der Waals surface area contributed by atoms with Crippen LogP contribution in [-0.4, -0.2) is 52.3 Å². The van der Waals surface area contributed by atoms with E-state index in [9.17, 15) is 13.9 Å². The molecule has 1 unspecified atom stereocenters. The summed E-state index contributed by atoms with van der Waals surface area (Å²) in [6.07, 6.45) is 5.36. The number of ether oxygens (including phenoxy) is 2. The van der Waals surface area contributed by atoms with Crippen LogP contribution < -0.4 is 4.74 Å². The van der Waals surface area contributed by atoms with Crippen LogP contribution in [0.2, 0.25) is 0 Å². The molecular formula is C24H22F2N4O4. The average Bonchev–Trinajstić information content (AvgIpc) is 3.44. The molecular weight excluding hydrogens is 446 g/mol. The van der Waals surface area contributed by atoms with Gasteiger partial charge in [-0.3, -0.25) is 0 Å². The van der Waals surface area contributed by atoms with Gasteiger partial charge in [-0.25, -0.2) is 13.8 Å². The highest BCUT2D eigenvalue weighted by atomic mass is 19.1. The number of methoxy groups -OCH3 is 1. The van der Waals surface area contributed by atoms with Gasteiger partial charge >= 0.3 is 0 Å². The Labute approximate surface area is 194 Å². The molecule has 8 nitrogen and oxygen atoms in total. The predicted molar refractivity (Wildman–Crippen MR) is 119 cm³/mol. The van der Waals surface area contributed by atoms with E-state index in [0.29, 0.717) is 17.3 Å². The molecule has 10 heteroatoms. The van der Waals surface area contributed by atoms with E-state index in [1.165, 1.54) is 6.07 Å². The fourth-order valence-corrected chi connectivity index (χ4v) is 4.17. The number of benzene rings is 2. The molecule has 0 radical (unpaired) electrons. The van der Waals surface area contributed by atoms with Crippen LogP contribution >= 0.6 is 0 Å². The second kappa shape index (κ2) is 8.45. The summed E-state index contributed by atoms with van der Waals surface area (Å²) in [6.45, 7) is 1.85. The predicted octanol–water partition coefficient (Wildman–Crippen LogP) is 3.33. The molecule has 0 spiro atoms. The lowest BCUT2D eigenvalue weighted by Crippen LogP contribution is -2.53. The van der Waals surface area contributed by atoms with Crippen LogP contribution in [-0.2, 0) is 15.3 Å². The Morgan fingerprint density at radius 3 is 2.79 bits per heavy atom. The molecule has 0 amide bonds. The molecule has 3 aromatic rings. The number of aromatic nitrogens is 2. The molecule has 5 rings (SSSR count). The molecule has 3 heterocycles. The van der Waals surface area contributed by atoms with Crippen molar-refractivity contribution in [3.8, 4) is 11.4 Å². The van der Waals surface area contributed by atoms with Gasteiger partial charge in [0.15, 0.2) is 5.76 Å². The first kappa shape index (κ1) is 21.9. The number of hydrogen-bond acceptors (Lipinski definition) is 7. The average molecular weight is 468 g/mol. The van der Waals surface area contributed by atoms with Crippen molar-refractivity contribution < 1.29 is 28.2 Å². The van der Waals surface area contributed by atoms with E-state index in [1.807, 2.05) is 35.9 Å². The highest BCUT2D eigenvalue weighted by Gasteiger charge is 2.51. The van der Waals surface area contributed by atoms with E-state index in [-0.39, 0.29) is 18.7 Å². The van der Waals surface area contributed by atoms with Crippen LogP contribution in [0.25, 0.3) is 11.8 Å². The van der Waals surface area contributed by atoms with Crippen LogP contribution in [0.4, 0.5) is 8.78 Å². The zero-order valence-corrected chi connectivity index (χ0v) is 18.5. The van der Waals surface area contributed by atoms with Gasteiger partial charge in [0.05, 0.1) is 36.9 Å². The first-order chi connectivity index (χ1) is 16.4. The zero-order chi connectivity index (χ0) is 23.9. The topological polar surface area (TPSA) is 81.3 Å². The summed E-state index contributed by atoms with van der Waals surface area (Å²) in [6, 6.07) is 8.74. The molecule has 2 aliphatic rings. The third-order valence-corrected chi connectivity index (χ3v) is 5.83. The highest BCUT2D eigenvalue weighted by molar-refractivity contribution is 6.01. The molecule has 1 aromatic heterocycles. The summed E-state index contributed by atoms with van der Waals surface area (Å²) in [5.41, 5.74) is 0.846. The molecule has 0 saturated carbocycles. The maximum atomic E-state index is 14.6. The second-order valence-electron chi connectivity index (χ2n) is 7.94. The van der Waals surface area contributed by atoms with Gasteiger partial charge in [-0.1, -0.05) is 11.2 Å². The zero-order valence-electron chi connectivity index (χ0n) is 18.5. The largest absolute Gasteiger partial charge is 0.495 e. The Kier molecular flexibility index (Phi) is 5.45. The number of morpholine rings is 1. The molecule has 176 valence electrons. The van der Waals surface area contributed by atoms with Crippen LogP contribution in [0.3, 0.4) is 0 Å². The Balaban J connectivity index is 1.49. The van der Waals surface area contributed by atoms with Crippen LogP contribution in [0.1, 0.15) is 16.8 Å². The normalized spacial score (nSPS) is 20.6. The number of imidazole rings is 1. The molecule has 2 aliphatic heterocycles. The standard InChI is InChI=1S/C24H22F2N4O4/c1-15-12-29(14-27-15)20-6-3-16(9-21(20)32-2)10-22-23-28-34-24(13-31,30(23)7-8-33-22)18-5-4-17(25)11-19(18)26/h3-6,9-12,14,31H,7-8,13H2,1-2H3/b22-10-. The summed E-state index contributed by atoms with van der Waals surface area (Å²) < 4.78 is 41.4. The highest BCUT2D eigenvalue weighted by Crippen LogP contribution is 2.40. The van der Waals surface area contributed by atoms with Gasteiger partial charge in [-0.2, -0.15) is 0 Å². The van der Waals surface area contributed by atoms with Crippen LogP contribution in [0.5, 0.6) is 5.75 Å². The van der Waals surface area contributed by atoms with Crippen molar-refractivity contribution in [2.75, 3.05) is 26.9 Å². The van der Waals surface area contributed by atoms with E-state index in [1.54, 1.807) is 24.4 Å². The summed E-state index contributed by atoms with van der Waals surface area (Å²) in [4.78, 5) is 11.5. The fraction of sp³-hybridized carbons (Fsp3) is 0.250. The molecule has 1 saturated heterocycles. The van der Waals surface area contributed by atoms with Crippen molar-refractivity contribution in [1.82, 2.24) is 14.5 Å². The van der Waals surface area contributed by atoms with Gasteiger partial charge in [0.1, 0.15) is 30.6 Å². The number of oxime groups is 1. The van der Waals surface area contributed by atoms with E-state index < -0.39 is 24.0 Å². The number of fused-ring (bicyclic) bond motifs is 1. The first-order valence-electron chi connectivity index (χ1n) is 10.6. The van der Waals surface area contributed by atoms with Crippen molar-refractivity contribution in [2.45, 2.75) is 12.6 Å². The molecule has 1 N–H and O–H groups in total. The van der Waals surface area contributed by atoms with E-state index >= 15 is 0 Å². The Morgan fingerprint density at radius 2 is 2.09 bits per heavy atom. The number of aliphatic hydroxyl groups is 1. The lowest BCUT2D eigenvalue weighted by molar-refractivity contribution is -0.143. The lowest BCUT2D eigenvalue weighted by atomic mass is 9.99. The monoisotopic (exact) mass is 468 g/mol. The quantitative estimate of drug-likeness (QED) is 0.619. The summed E-state index contributed by atoms with van der Waals surface area (Å²) >= 11 is 0.